The third-order valence-electron chi connectivity index (χ3n) is 5.62. The zero-order chi connectivity index (χ0) is 21.9. The number of hydrogen-bond acceptors (Lipinski definition) is 6. The molecule has 5 rings (SSSR count). The Bertz CT molecular complexity index is 1120. The van der Waals surface area contributed by atoms with Crippen LogP contribution >= 0.6 is 11.8 Å². The van der Waals surface area contributed by atoms with E-state index in [1.807, 2.05) is 46.0 Å². The lowest BCUT2D eigenvalue weighted by Crippen LogP contribution is -2.41. The van der Waals surface area contributed by atoms with Crippen molar-refractivity contribution < 1.29 is 19.0 Å². The molecule has 0 unspecified atom stereocenters. The van der Waals surface area contributed by atoms with Gasteiger partial charge in [-0.15, -0.1) is 11.8 Å². The minimum absolute atomic E-state index is 0.0317. The number of ether oxygens (including phenoxy) is 3. The van der Waals surface area contributed by atoms with Gasteiger partial charge in [0.15, 0.2) is 5.69 Å². The number of methoxy groups -OCH3 is 1. The maximum Gasteiger partial charge on any atom is 0.274 e. The fraction of sp³-hybridized carbons (Fsp3) is 0.333. The van der Waals surface area contributed by atoms with Crippen LogP contribution < -0.4 is 4.74 Å². The number of benzene rings is 2. The molecule has 0 saturated carbocycles. The maximum absolute atomic E-state index is 13.4. The van der Waals surface area contributed by atoms with Crippen molar-refractivity contribution in [2.45, 2.75) is 10.6 Å². The van der Waals surface area contributed by atoms with Crippen LogP contribution in [0.1, 0.15) is 16.1 Å². The van der Waals surface area contributed by atoms with Crippen molar-refractivity contribution >= 4 is 17.7 Å². The number of fused-ring (bicyclic) bond motifs is 3. The van der Waals surface area contributed by atoms with Gasteiger partial charge < -0.3 is 19.1 Å². The first-order chi connectivity index (χ1) is 15.8. The van der Waals surface area contributed by atoms with Crippen LogP contribution in [0.25, 0.3) is 16.9 Å². The SMILES string of the molecule is COCCOc1cccc(-n2nc(C(=O)N3CCOCC3)c3c2-c2ccccc2SC3)c1. The van der Waals surface area contributed by atoms with Crippen molar-refractivity contribution in [2.24, 2.45) is 0 Å². The summed E-state index contributed by atoms with van der Waals surface area (Å²) in [5, 5.41) is 4.86. The van der Waals surface area contributed by atoms with Crippen molar-refractivity contribution in [3.63, 3.8) is 0 Å². The third kappa shape index (κ3) is 4.01. The molecule has 8 heteroatoms. The molecule has 0 radical (unpaired) electrons. The van der Waals surface area contributed by atoms with Crippen LogP contribution in [0, 0.1) is 0 Å². The van der Waals surface area contributed by atoms with E-state index in [9.17, 15) is 4.79 Å². The molecule has 0 spiro atoms. The van der Waals surface area contributed by atoms with Crippen LogP contribution in [0.2, 0.25) is 0 Å². The minimum Gasteiger partial charge on any atom is -0.491 e. The minimum atomic E-state index is -0.0317. The van der Waals surface area contributed by atoms with Gasteiger partial charge in [0.2, 0.25) is 0 Å². The second-order valence-corrected chi connectivity index (χ2v) is 8.63. The molecular formula is C24H25N3O4S. The van der Waals surface area contributed by atoms with E-state index in [0.717, 1.165) is 28.3 Å². The molecule has 2 aliphatic rings. The van der Waals surface area contributed by atoms with E-state index >= 15 is 0 Å². The number of amides is 1. The first-order valence-electron chi connectivity index (χ1n) is 10.7. The molecule has 0 bridgehead atoms. The summed E-state index contributed by atoms with van der Waals surface area (Å²) in [6.07, 6.45) is 0. The molecule has 2 aliphatic heterocycles. The van der Waals surface area contributed by atoms with Gasteiger partial charge in [0, 0.05) is 48.0 Å². The Hall–Kier alpha value is -2.81. The first kappa shape index (κ1) is 21.1. The molecule has 7 nitrogen and oxygen atoms in total. The second kappa shape index (κ2) is 9.36. The molecule has 32 heavy (non-hydrogen) atoms. The van der Waals surface area contributed by atoms with E-state index in [-0.39, 0.29) is 5.91 Å². The monoisotopic (exact) mass is 451 g/mol. The van der Waals surface area contributed by atoms with Gasteiger partial charge in [-0.25, -0.2) is 4.68 Å². The summed E-state index contributed by atoms with van der Waals surface area (Å²) in [5.74, 6) is 1.42. The summed E-state index contributed by atoms with van der Waals surface area (Å²) in [4.78, 5) is 16.4. The highest BCUT2D eigenvalue weighted by Gasteiger charge is 2.31. The number of thioether (sulfide) groups is 1. The van der Waals surface area contributed by atoms with Crippen molar-refractivity contribution in [1.82, 2.24) is 14.7 Å². The van der Waals surface area contributed by atoms with Gasteiger partial charge >= 0.3 is 0 Å². The molecule has 3 aromatic rings. The van der Waals surface area contributed by atoms with Gasteiger partial charge in [0.25, 0.3) is 5.91 Å². The third-order valence-corrected chi connectivity index (χ3v) is 6.72. The first-order valence-corrected chi connectivity index (χ1v) is 11.7. The quantitative estimate of drug-likeness (QED) is 0.533. The number of morpholine rings is 1. The summed E-state index contributed by atoms with van der Waals surface area (Å²) in [5.41, 5.74) is 4.44. The van der Waals surface area contributed by atoms with E-state index in [1.165, 1.54) is 4.90 Å². The van der Waals surface area contributed by atoms with Crippen molar-refractivity contribution in [3.05, 3.63) is 59.8 Å². The number of aromatic nitrogens is 2. The van der Waals surface area contributed by atoms with Gasteiger partial charge in [-0.2, -0.15) is 5.10 Å². The fourth-order valence-corrected chi connectivity index (χ4v) is 5.09. The normalized spacial score (nSPS) is 15.2. The topological polar surface area (TPSA) is 65.8 Å². The smallest absolute Gasteiger partial charge is 0.274 e. The number of carbonyl (C=O) groups excluding carboxylic acids is 1. The van der Waals surface area contributed by atoms with Gasteiger partial charge in [-0.3, -0.25) is 4.79 Å². The summed E-state index contributed by atoms with van der Waals surface area (Å²) in [6, 6.07) is 16.1. The Balaban J connectivity index is 1.59. The van der Waals surface area contributed by atoms with E-state index in [1.54, 1.807) is 18.9 Å². The molecule has 166 valence electrons. The number of nitrogens with zero attached hydrogens (tertiary/aromatic N) is 3. The van der Waals surface area contributed by atoms with Crippen LogP contribution in [0.4, 0.5) is 0 Å². The number of carbonyl (C=O) groups is 1. The lowest BCUT2D eigenvalue weighted by Gasteiger charge is -2.26. The number of hydrogen-bond donors (Lipinski definition) is 0. The lowest BCUT2D eigenvalue weighted by atomic mass is 10.0. The molecule has 1 aromatic heterocycles. The molecule has 1 amide bonds. The predicted molar refractivity (Wildman–Crippen MR) is 123 cm³/mol. The standard InChI is InChI=1S/C24H25N3O4S/c1-29-13-14-31-18-6-4-5-17(15-18)27-23-19-7-2-3-8-21(19)32-16-20(23)22(25-27)24(28)26-9-11-30-12-10-26/h2-8,15H,9-14,16H2,1H3. The van der Waals surface area contributed by atoms with Crippen molar-refractivity contribution in [2.75, 3.05) is 46.6 Å². The second-order valence-electron chi connectivity index (χ2n) is 7.62. The number of rotatable bonds is 6. The molecule has 0 N–H and O–H groups in total. The Morgan fingerprint density at radius 3 is 2.81 bits per heavy atom. The van der Waals surface area contributed by atoms with Gasteiger partial charge in [-0.1, -0.05) is 24.3 Å². The van der Waals surface area contributed by atoms with E-state index in [0.29, 0.717) is 51.0 Å². The fourth-order valence-electron chi connectivity index (χ4n) is 4.02. The summed E-state index contributed by atoms with van der Waals surface area (Å²) < 4.78 is 18.2. The van der Waals surface area contributed by atoms with Crippen LogP contribution in [0.5, 0.6) is 5.75 Å². The van der Waals surface area contributed by atoms with Gasteiger partial charge in [0.05, 0.1) is 31.2 Å². The zero-order valence-electron chi connectivity index (χ0n) is 18.0. The average Bonchev–Trinajstić information content (AvgIpc) is 3.25. The molecule has 1 saturated heterocycles. The average molecular weight is 452 g/mol. The summed E-state index contributed by atoms with van der Waals surface area (Å²) in [6.45, 7) is 3.29. The van der Waals surface area contributed by atoms with Crippen LogP contribution in [0.3, 0.4) is 0 Å². The van der Waals surface area contributed by atoms with Crippen molar-refractivity contribution in [1.29, 1.82) is 0 Å². The summed E-state index contributed by atoms with van der Waals surface area (Å²) in [7, 11) is 1.65. The summed E-state index contributed by atoms with van der Waals surface area (Å²) >= 11 is 1.75. The predicted octanol–water partition coefficient (Wildman–Crippen LogP) is 3.64. The highest BCUT2D eigenvalue weighted by Crippen LogP contribution is 2.44. The molecule has 1 fully saturated rings. The highest BCUT2D eigenvalue weighted by atomic mass is 32.2. The molecule has 3 heterocycles. The molecule has 0 atom stereocenters. The largest absolute Gasteiger partial charge is 0.491 e. The van der Waals surface area contributed by atoms with Crippen molar-refractivity contribution in [3.8, 4) is 22.7 Å². The van der Waals surface area contributed by atoms with Gasteiger partial charge in [-0.05, 0) is 18.2 Å². The van der Waals surface area contributed by atoms with E-state index < -0.39 is 0 Å². The molecular weight excluding hydrogens is 426 g/mol. The lowest BCUT2D eigenvalue weighted by molar-refractivity contribution is 0.0298. The van der Waals surface area contributed by atoms with Gasteiger partial charge in [0.1, 0.15) is 12.4 Å². The Morgan fingerprint density at radius 1 is 1.12 bits per heavy atom. The van der Waals surface area contributed by atoms with E-state index in [4.69, 9.17) is 19.3 Å². The van der Waals surface area contributed by atoms with Crippen LogP contribution in [0.15, 0.2) is 53.4 Å². The Labute approximate surface area is 191 Å². The maximum atomic E-state index is 13.4. The van der Waals surface area contributed by atoms with E-state index in [2.05, 4.69) is 12.1 Å². The van der Waals surface area contributed by atoms with Crippen LogP contribution in [-0.2, 0) is 15.2 Å². The highest BCUT2D eigenvalue weighted by molar-refractivity contribution is 7.98. The Kier molecular flexibility index (Phi) is 6.16. The Morgan fingerprint density at radius 2 is 1.97 bits per heavy atom. The molecule has 2 aromatic carbocycles. The zero-order valence-corrected chi connectivity index (χ0v) is 18.8. The van der Waals surface area contributed by atoms with Crippen LogP contribution in [-0.4, -0.2) is 67.2 Å². The molecule has 0 aliphatic carbocycles.